The van der Waals surface area contributed by atoms with Crippen LogP contribution in [0.5, 0.6) is 0 Å². The first-order valence-corrected chi connectivity index (χ1v) is 25.3. The highest BCUT2D eigenvalue weighted by Gasteiger charge is 2.10. The van der Waals surface area contributed by atoms with Crippen LogP contribution in [-0.2, 0) is 43.3 Å². The van der Waals surface area contributed by atoms with Crippen LogP contribution in [0.15, 0.2) is 170 Å². The minimum absolute atomic E-state index is 0.0583. The Morgan fingerprint density at radius 3 is 1.12 bits per heavy atom. The van der Waals surface area contributed by atoms with Gasteiger partial charge in [0.15, 0.2) is 5.78 Å². The summed E-state index contributed by atoms with van der Waals surface area (Å²) in [5, 5.41) is 10.4. The van der Waals surface area contributed by atoms with Crippen molar-refractivity contribution < 1.29 is 9.90 Å². The van der Waals surface area contributed by atoms with Gasteiger partial charge in [0, 0.05) is 42.4 Å². The third kappa shape index (κ3) is 14.8. The Kier molecular flexibility index (Phi) is 17.5. The quantitative estimate of drug-likeness (QED) is 0.165. The number of aryl methyl sites for hydroxylation is 6. The topological polar surface area (TPSA) is 63.1 Å². The second-order valence-electron chi connectivity index (χ2n) is 18.8. The van der Waals surface area contributed by atoms with Gasteiger partial charge >= 0.3 is 0 Å². The SMILES string of the molecule is O=C1C=C(O)CCCCCCCCc2cccc(c2)-c2ccnc(c2)-c2cccc(c2)CCc2ccc(cc2)CCc2cccc(c2)-c2cc(ccn2)-c2cccc(c2)CCCCCCCC1. The summed E-state index contributed by atoms with van der Waals surface area (Å²) in [5.41, 5.74) is 17.3. The van der Waals surface area contributed by atoms with Gasteiger partial charge in [-0.15, -0.1) is 0 Å². The number of nitrogens with zero attached hydrogens (tertiary/aromatic N) is 2. The van der Waals surface area contributed by atoms with Gasteiger partial charge < -0.3 is 5.11 Å². The van der Waals surface area contributed by atoms with Gasteiger partial charge in [-0.25, -0.2) is 0 Å². The number of fused-ring (bicyclic) bond motifs is 21. The summed E-state index contributed by atoms with van der Waals surface area (Å²) in [5.74, 6) is 0.304. The molecule has 2 aliphatic rings. The summed E-state index contributed by atoms with van der Waals surface area (Å²) in [7, 11) is 0. The van der Waals surface area contributed by atoms with E-state index in [0.29, 0.717) is 12.8 Å². The summed E-state index contributed by atoms with van der Waals surface area (Å²) in [6, 6.07) is 53.6. The lowest BCUT2D eigenvalue weighted by molar-refractivity contribution is -0.114. The van der Waals surface area contributed by atoms with Gasteiger partial charge in [0.2, 0.25) is 0 Å². The van der Waals surface area contributed by atoms with Crippen molar-refractivity contribution in [1.82, 2.24) is 9.97 Å². The van der Waals surface area contributed by atoms with Crippen molar-refractivity contribution in [1.29, 1.82) is 0 Å². The van der Waals surface area contributed by atoms with Crippen LogP contribution >= 0.6 is 0 Å². The van der Waals surface area contributed by atoms with Gasteiger partial charge in [-0.1, -0.05) is 161 Å². The average Bonchev–Trinajstić information content (AvgIpc) is 3.37. The van der Waals surface area contributed by atoms with Crippen molar-refractivity contribution in [2.24, 2.45) is 0 Å². The predicted octanol–water partition coefficient (Wildman–Crippen LogP) is 16.3. The first kappa shape index (κ1) is 47.1. The van der Waals surface area contributed by atoms with Crippen molar-refractivity contribution in [3.05, 3.63) is 203 Å². The standard InChI is InChI=1S/C63H68N2O2/c66-60-27-11-7-3-1-5-9-17-50-19-13-23-54(41-50)56-37-39-64-62(45-56)58-25-15-21-52(43-58)35-33-48-29-31-49(32-30-48)34-36-53-22-16-26-59(44-53)63-46-57(38-40-65-63)55-24-14-20-51(42-55)18-10-6-2-4-8-12-28-61(67)47-60/h13-16,19-26,29-32,37-47,66H,1-12,17-18,27-28,33-36H2. The number of ketones is 1. The van der Waals surface area contributed by atoms with Gasteiger partial charge in [0.1, 0.15) is 0 Å². The maximum absolute atomic E-state index is 12.5. The normalized spacial score (nSPS) is 15.6. The average molecular weight is 885 g/mol. The molecule has 7 aromatic rings. The molecule has 0 saturated heterocycles. The van der Waals surface area contributed by atoms with E-state index in [1.54, 1.807) is 0 Å². The fourth-order valence-corrected chi connectivity index (χ4v) is 9.58. The molecule has 0 saturated carbocycles. The molecule has 0 unspecified atom stereocenters. The third-order valence-corrected chi connectivity index (χ3v) is 13.5. The first-order chi connectivity index (χ1) is 33.0. The molecule has 0 fully saturated rings. The van der Waals surface area contributed by atoms with Crippen molar-refractivity contribution in [3.63, 3.8) is 0 Å². The summed E-state index contributed by atoms with van der Waals surface area (Å²) in [6.07, 6.45) is 25.9. The van der Waals surface area contributed by atoms with Crippen LogP contribution in [0.25, 0.3) is 44.8 Å². The lowest BCUT2D eigenvalue weighted by Crippen LogP contribution is -1.96. The first-order valence-electron chi connectivity index (χ1n) is 25.3. The predicted molar refractivity (Wildman–Crippen MR) is 279 cm³/mol. The molecule has 0 radical (unpaired) electrons. The number of hydrogen-bond donors (Lipinski definition) is 1. The smallest absolute Gasteiger partial charge is 0.159 e. The number of carbonyl (C=O) groups excluding carboxylic acids is 1. The minimum atomic E-state index is 0.0583. The summed E-state index contributed by atoms with van der Waals surface area (Å²) >= 11 is 0. The molecule has 1 N–H and O–H groups in total. The van der Waals surface area contributed by atoms with E-state index in [2.05, 4.69) is 146 Å². The number of allylic oxidation sites excluding steroid dienone is 2. The van der Waals surface area contributed by atoms with Crippen molar-refractivity contribution in [2.75, 3.05) is 0 Å². The van der Waals surface area contributed by atoms with Gasteiger partial charge in [-0.2, -0.15) is 0 Å². The number of rotatable bonds is 0. The van der Waals surface area contributed by atoms with Crippen LogP contribution in [0.4, 0.5) is 0 Å². The van der Waals surface area contributed by atoms with Gasteiger partial charge in [0.25, 0.3) is 0 Å². The van der Waals surface area contributed by atoms with Gasteiger partial charge in [0.05, 0.1) is 17.1 Å². The fourth-order valence-electron chi connectivity index (χ4n) is 9.58. The highest BCUT2D eigenvalue weighted by molar-refractivity contribution is 5.89. The maximum Gasteiger partial charge on any atom is 0.159 e. The van der Waals surface area contributed by atoms with Crippen LogP contribution in [0.3, 0.4) is 0 Å². The van der Waals surface area contributed by atoms with E-state index in [0.717, 1.165) is 106 Å². The van der Waals surface area contributed by atoms with Crippen LogP contribution in [0.1, 0.15) is 123 Å². The lowest BCUT2D eigenvalue weighted by atomic mass is 9.97. The molecule has 2 aromatic heterocycles. The summed E-state index contributed by atoms with van der Waals surface area (Å²) < 4.78 is 0. The van der Waals surface area contributed by atoms with E-state index in [9.17, 15) is 9.90 Å². The Morgan fingerprint density at radius 1 is 0.313 bits per heavy atom. The van der Waals surface area contributed by atoms with Crippen LogP contribution in [0, 0.1) is 0 Å². The summed E-state index contributed by atoms with van der Waals surface area (Å²) in [4.78, 5) is 22.1. The summed E-state index contributed by atoms with van der Waals surface area (Å²) in [6.45, 7) is 0. The van der Waals surface area contributed by atoms with Crippen LogP contribution in [0.2, 0.25) is 0 Å². The lowest BCUT2D eigenvalue weighted by Gasteiger charge is -2.10. The Hall–Kier alpha value is -6.39. The molecule has 0 spiro atoms. The zero-order valence-corrected chi connectivity index (χ0v) is 39.5. The number of hydrogen-bond acceptors (Lipinski definition) is 4. The Morgan fingerprint density at radius 2 is 0.657 bits per heavy atom. The van der Waals surface area contributed by atoms with Crippen molar-refractivity contribution in [3.8, 4) is 44.8 Å². The van der Waals surface area contributed by atoms with Crippen LogP contribution < -0.4 is 0 Å². The largest absolute Gasteiger partial charge is 0.512 e. The molecule has 342 valence electrons. The van der Waals surface area contributed by atoms with E-state index >= 15 is 0 Å². The van der Waals surface area contributed by atoms with E-state index in [-0.39, 0.29) is 11.5 Å². The number of aliphatic hydroxyl groups is 1. The third-order valence-electron chi connectivity index (χ3n) is 13.5. The second kappa shape index (κ2) is 24.9. The molecular formula is C63H68N2O2. The van der Waals surface area contributed by atoms with Crippen molar-refractivity contribution in [2.45, 2.75) is 128 Å². The van der Waals surface area contributed by atoms with Gasteiger partial charge in [-0.3, -0.25) is 14.8 Å². The highest BCUT2D eigenvalue weighted by atomic mass is 16.3. The highest BCUT2D eigenvalue weighted by Crippen LogP contribution is 2.29. The van der Waals surface area contributed by atoms with Crippen LogP contribution in [-0.4, -0.2) is 20.9 Å². The molecule has 4 nitrogen and oxygen atoms in total. The molecule has 4 heteroatoms. The number of pyridine rings is 2. The number of benzene rings is 5. The minimum Gasteiger partial charge on any atom is -0.512 e. The fraction of sp³-hybridized carbons (Fsp3) is 0.317. The molecule has 14 bridgehead atoms. The molecule has 9 rings (SSSR count). The molecular weight excluding hydrogens is 817 g/mol. The molecule has 0 amide bonds. The monoisotopic (exact) mass is 885 g/mol. The number of carbonyl (C=O) groups is 1. The van der Waals surface area contributed by atoms with Crippen molar-refractivity contribution >= 4 is 5.78 Å². The second-order valence-corrected chi connectivity index (χ2v) is 18.8. The molecule has 0 atom stereocenters. The molecule has 2 aliphatic carbocycles. The Labute approximate surface area is 400 Å². The van der Waals surface area contributed by atoms with E-state index in [4.69, 9.17) is 9.97 Å². The van der Waals surface area contributed by atoms with E-state index in [1.165, 1.54) is 93.8 Å². The number of aromatic nitrogens is 2. The zero-order chi connectivity index (χ0) is 45.9. The van der Waals surface area contributed by atoms with E-state index < -0.39 is 0 Å². The number of aliphatic hydroxyl groups excluding tert-OH is 1. The Balaban J connectivity index is 0.914. The molecule has 5 aromatic carbocycles. The molecule has 67 heavy (non-hydrogen) atoms. The Bertz CT molecular complexity index is 2690. The van der Waals surface area contributed by atoms with Gasteiger partial charge in [-0.05, 0) is 156 Å². The zero-order valence-electron chi connectivity index (χ0n) is 39.5. The molecule has 0 aliphatic heterocycles. The molecule has 2 heterocycles. The maximum atomic E-state index is 12.5. The van der Waals surface area contributed by atoms with E-state index in [1.807, 2.05) is 12.4 Å².